The van der Waals surface area contributed by atoms with Gasteiger partial charge in [0.25, 0.3) is 0 Å². The van der Waals surface area contributed by atoms with Crippen molar-refractivity contribution in [1.82, 2.24) is 5.32 Å². The van der Waals surface area contributed by atoms with Crippen molar-refractivity contribution in [3.8, 4) is 0 Å². The van der Waals surface area contributed by atoms with Crippen LogP contribution >= 0.6 is 15.9 Å². The average molecular weight is 324 g/mol. The first-order chi connectivity index (χ1) is 9.24. The fraction of sp³-hybridized carbons (Fsp3) is 0.333. The second-order valence-electron chi connectivity index (χ2n) is 4.43. The summed E-state index contributed by atoms with van der Waals surface area (Å²) in [4.78, 5) is 0. The Morgan fingerprint density at radius 1 is 1.21 bits per heavy atom. The molecule has 2 rings (SSSR count). The van der Waals surface area contributed by atoms with Gasteiger partial charge in [-0.25, -0.2) is 0 Å². The highest BCUT2D eigenvalue weighted by molar-refractivity contribution is 9.10. The molecule has 0 amide bonds. The van der Waals surface area contributed by atoms with Crippen molar-refractivity contribution < 1.29 is 9.52 Å². The maximum atomic E-state index is 9.50. The second kappa shape index (κ2) is 6.89. The number of rotatable bonds is 6. The van der Waals surface area contributed by atoms with Gasteiger partial charge in [0.2, 0.25) is 0 Å². The maximum absolute atomic E-state index is 9.50. The van der Waals surface area contributed by atoms with Gasteiger partial charge < -0.3 is 9.52 Å². The smallest absolute Gasteiger partial charge is 0.123 e. The van der Waals surface area contributed by atoms with Crippen molar-refractivity contribution in [2.24, 2.45) is 0 Å². The standard InChI is InChI=1S/C15H18BrNO2/c1-2-13(11-5-7-12(16)8-6-11)17-14(10-18)15-4-3-9-19-15/h3-9,13-14,17-18H,2,10H2,1H3. The Balaban J connectivity index is 2.11. The van der Waals surface area contributed by atoms with Gasteiger partial charge in [-0.3, -0.25) is 5.32 Å². The Kier molecular flexibility index (Phi) is 5.19. The first-order valence-electron chi connectivity index (χ1n) is 6.40. The molecular weight excluding hydrogens is 306 g/mol. The van der Waals surface area contributed by atoms with E-state index in [-0.39, 0.29) is 18.7 Å². The molecule has 1 heterocycles. The summed E-state index contributed by atoms with van der Waals surface area (Å²) in [6, 6.07) is 12.0. The van der Waals surface area contributed by atoms with E-state index in [0.717, 1.165) is 16.7 Å². The predicted octanol–water partition coefficient (Wildman–Crippen LogP) is 3.82. The van der Waals surface area contributed by atoms with Crippen LogP contribution in [0.2, 0.25) is 0 Å². The Morgan fingerprint density at radius 3 is 2.47 bits per heavy atom. The van der Waals surface area contributed by atoms with E-state index in [2.05, 4.69) is 40.3 Å². The monoisotopic (exact) mass is 323 g/mol. The molecule has 2 unspecified atom stereocenters. The average Bonchev–Trinajstić information content (AvgIpc) is 2.95. The number of halogens is 1. The van der Waals surface area contributed by atoms with Crippen LogP contribution in [-0.4, -0.2) is 11.7 Å². The van der Waals surface area contributed by atoms with Gasteiger partial charge in [-0.05, 0) is 36.2 Å². The van der Waals surface area contributed by atoms with Crippen molar-refractivity contribution in [3.63, 3.8) is 0 Å². The van der Waals surface area contributed by atoms with Gasteiger partial charge in [-0.1, -0.05) is 35.0 Å². The highest BCUT2D eigenvalue weighted by Gasteiger charge is 2.18. The highest BCUT2D eigenvalue weighted by atomic mass is 79.9. The third kappa shape index (κ3) is 3.69. The fourth-order valence-electron chi connectivity index (χ4n) is 2.10. The molecule has 0 saturated heterocycles. The molecule has 0 aliphatic heterocycles. The quantitative estimate of drug-likeness (QED) is 0.849. The van der Waals surface area contributed by atoms with E-state index in [4.69, 9.17) is 4.42 Å². The summed E-state index contributed by atoms with van der Waals surface area (Å²) in [6.07, 6.45) is 2.57. The predicted molar refractivity (Wildman–Crippen MR) is 78.8 cm³/mol. The van der Waals surface area contributed by atoms with Gasteiger partial charge >= 0.3 is 0 Å². The fourth-order valence-corrected chi connectivity index (χ4v) is 2.37. The Bertz CT molecular complexity index is 481. The Labute approximate surface area is 121 Å². The van der Waals surface area contributed by atoms with Crippen molar-refractivity contribution in [2.75, 3.05) is 6.61 Å². The third-order valence-electron chi connectivity index (χ3n) is 3.15. The molecule has 1 aromatic carbocycles. The summed E-state index contributed by atoms with van der Waals surface area (Å²) in [5.41, 5.74) is 1.20. The van der Waals surface area contributed by atoms with E-state index in [1.807, 2.05) is 24.3 Å². The Hall–Kier alpha value is -1.10. The highest BCUT2D eigenvalue weighted by Crippen LogP contribution is 2.23. The lowest BCUT2D eigenvalue weighted by atomic mass is 10.0. The lowest BCUT2D eigenvalue weighted by Crippen LogP contribution is -2.28. The molecule has 0 aliphatic carbocycles. The zero-order chi connectivity index (χ0) is 13.7. The van der Waals surface area contributed by atoms with Crippen LogP contribution in [-0.2, 0) is 0 Å². The van der Waals surface area contributed by atoms with Crippen LogP contribution in [0.25, 0.3) is 0 Å². The van der Waals surface area contributed by atoms with Gasteiger partial charge in [0.1, 0.15) is 5.76 Å². The molecule has 0 fully saturated rings. The zero-order valence-electron chi connectivity index (χ0n) is 10.8. The van der Waals surface area contributed by atoms with E-state index < -0.39 is 0 Å². The first kappa shape index (κ1) is 14.3. The Morgan fingerprint density at radius 2 is 1.95 bits per heavy atom. The van der Waals surface area contributed by atoms with Gasteiger partial charge in [0, 0.05) is 10.5 Å². The summed E-state index contributed by atoms with van der Waals surface area (Å²) in [6.45, 7) is 2.14. The molecule has 0 bridgehead atoms. The van der Waals surface area contributed by atoms with Gasteiger partial charge in [-0.2, -0.15) is 0 Å². The molecular formula is C15H18BrNO2. The molecule has 0 aliphatic rings. The summed E-state index contributed by atoms with van der Waals surface area (Å²) < 4.78 is 6.42. The summed E-state index contributed by atoms with van der Waals surface area (Å²) >= 11 is 3.44. The number of hydrogen-bond donors (Lipinski definition) is 2. The number of furan rings is 1. The van der Waals surface area contributed by atoms with E-state index in [0.29, 0.717) is 0 Å². The third-order valence-corrected chi connectivity index (χ3v) is 3.68. The van der Waals surface area contributed by atoms with Crippen LogP contribution in [0.15, 0.2) is 51.6 Å². The second-order valence-corrected chi connectivity index (χ2v) is 5.35. The summed E-state index contributed by atoms with van der Waals surface area (Å²) in [5.74, 6) is 0.762. The van der Waals surface area contributed by atoms with Gasteiger partial charge in [-0.15, -0.1) is 0 Å². The number of aliphatic hydroxyl groups is 1. The molecule has 0 radical (unpaired) electrons. The first-order valence-corrected chi connectivity index (χ1v) is 7.19. The molecule has 2 N–H and O–H groups in total. The molecule has 19 heavy (non-hydrogen) atoms. The maximum Gasteiger partial charge on any atom is 0.123 e. The van der Waals surface area contributed by atoms with E-state index in [9.17, 15) is 5.11 Å². The van der Waals surface area contributed by atoms with Crippen molar-refractivity contribution in [3.05, 3.63) is 58.5 Å². The molecule has 2 aromatic rings. The zero-order valence-corrected chi connectivity index (χ0v) is 12.4. The van der Waals surface area contributed by atoms with Crippen molar-refractivity contribution >= 4 is 15.9 Å². The number of benzene rings is 1. The molecule has 2 atom stereocenters. The molecule has 0 saturated carbocycles. The van der Waals surface area contributed by atoms with Crippen LogP contribution in [0.4, 0.5) is 0 Å². The van der Waals surface area contributed by atoms with Crippen LogP contribution < -0.4 is 5.32 Å². The SMILES string of the molecule is CCC(NC(CO)c1ccco1)c1ccc(Br)cc1. The minimum Gasteiger partial charge on any atom is -0.468 e. The largest absolute Gasteiger partial charge is 0.468 e. The van der Waals surface area contributed by atoms with E-state index in [1.54, 1.807) is 6.26 Å². The topological polar surface area (TPSA) is 45.4 Å². The molecule has 1 aromatic heterocycles. The lowest BCUT2D eigenvalue weighted by Gasteiger charge is -2.23. The molecule has 3 nitrogen and oxygen atoms in total. The number of hydrogen-bond acceptors (Lipinski definition) is 3. The van der Waals surface area contributed by atoms with Crippen molar-refractivity contribution in [1.29, 1.82) is 0 Å². The normalized spacial score (nSPS) is 14.3. The van der Waals surface area contributed by atoms with E-state index in [1.165, 1.54) is 5.56 Å². The number of nitrogens with one attached hydrogen (secondary N) is 1. The molecule has 4 heteroatoms. The van der Waals surface area contributed by atoms with Gasteiger partial charge in [0.15, 0.2) is 0 Å². The van der Waals surface area contributed by atoms with Crippen LogP contribution in [0.1, 0.15) is 36.8 Å². The summed E-state index contributed by atoms with van der Waals surface area (Å²) in [7, 11) is 0. The minimum atomic E-state index is -0.177. The molecule has 102 valence electrons. The lowest BCUT2D eigenvalue weighted by molar-refractivity contribution is 0.213. The van der Waals surface area contributed by atoms with Crippen LogP contribution in [0.5, 0.6) is 0 Å². The minimum absolute atomic E-state index is 0.0144. The molecule has 0 spiro atoms. The van der Waals surface area contributed by atoms with E-state index >= 15 is 0 Å². The van der Waals surface area contributed by atoms with Crippen LogP contribution in [0, 0.1) is 0 Å². The van der Waals surface area contributed by atoms with Crippen LogP contribution in [0.3, 0.4) is 0 Å². The number of aliphatic hydroxyl groups excluding tert-OH is 1. The summed E-state index contributed by atoms with van der Waals surface area (Å²) in [5, 5.41) is 12.9. The van der Waals surface area contributed by atoms with Crippen molar-refractivity contribution in [2.45, 2.75) is 25.4 Å². The van der Waals surface area contributed by atoms with Gasteiger partial charge in [0.05, 0.1) is 18.9 Å².